The Morgan fingerprint density at radius 1 is 1.30 bits per heavy atom. The van der Waals surface area contributed by atoms with Gasteiger partial charge in [-0.15, -0.1) is 0 Å². The van der Waals surface area contributed by atoms with E-state index < -0.39 is 36.9 Å². The number of benzene rings is 1. The third-order valence-corrected chi connectivity index (χ3v) is 6.89. The first-order chi connectivity index (χ1) is 15.7. The van der Waals surface area contributed by atoms with E-state index in [4.69, 9.17) is 4.65 Å². The average Bonchev–Trinajstić information content (AvgIpc) is 3.01. The zero-order chi connectivity index (χ0) is 23.9. The summed E-state index contributed by atoms with van der Waals surface area (Å²) in [7, 11) is 0.0847. The number of ether oxygens (including phenoxy) is 1. The van der Waals surface area contributed by atoms with Gasteiger partial charge in [-0.1, -0.05) is 29.4 Å². The number of phenols is 1. The predicted molar refractivity (Wildman–Crippen MR) is 121 cm³/mol. The van der Waals surface area contributed by atoms with Gasteiger partial charge in [0.15, 0.2) is 0 Å². The molecule has 3 aliphatic rings. The molecule has 0 spiro atoms. The van der Waals surface area contributed by atoms with Gasteiger partial charge in [-0.3, -0.25) is 9.59 Å². The largest absolute Gasteiger partial charge is 0.508 e. The maximum absolute atomic E-state index is 13.1. The molecule has 0 saturated carbocycles. The maximum Gasteiger partial charge on any atom is 0.455 e. The Bertz CT molecular complexity index is 1050. The number of carbonyl (C=O) groups is 3. The zero-order valence-electron chi connectivity index (χ0n) is 19.0. The quantitative estimate of drug-likeness (QED) is 0.409. The van der Waals surface area contributed by atoms with Crippen molar-refractivity contribution in [2.75, 3.05) is 7.11 Å². The molecule has 33 heavy (non-hydrogen) atoms. The summed E-state index contributed by atoms with van der Waals surface area (Å²) >= 11 is 0. The van der Waals surface area contributed by atoms with Crippen molar-refractivity contribution in [2.24, 2.45) is 17.8 Å². The zero-order valence-corrected chi connectivity index (χ0v) is 19.0. The Hall–Kier alpha value is -2.91. The molecule has 4 rings (SSSR count). The van der Waals surface area contributed by atoms with Crippen molar-refractivity contribution in [2.45, 2.75) is 45.5 Å². The molecule has 0 radical (unpaired) electrons. The van der Waals surface area contributed by atoms with Crippen LogP contribution < -0.4 is 0 Å². The highest BCUT2D eigenvalue weighted by atomic mass is 16.5. The first kappa shape index (κ1) is 23.3. The van der Waals surface area contributed by atoms with Gasteiger partial charge in [0.05, 0.1) is 25.0 Å². The van der Waals surface area contributed by atoms with Gasteiger partial charge in [-0.2, -0.15) is 4.90 Å². The molecule has 2 fully saturated rings. The number of rotatable bonds is 4. The highest BCUT2D eigenvalue weighted by Crippen LogP contribution is 2.50. The molecule has 0 unspecified atom stereocenters. The van der Waals surface area contributed by atoms with Crippen LogP contribution in [0.2, 0.25) is 6.32 Å². The smallest absolute Gasteiger partial charge is 0.455 e. The fraction of sp³-hybridized carbons (Fsp3) is 0.458. The second kappa shape index (κ2) is 9.15. The van der Waals surface area contributed by atoms with Crippen LogP contribution >= 0.6 is 0 Å². The third kappa shape index (κ3) is 4.35. The van der Waals surface area contributed by atoms with E-state index in [0.29, 0.717) is 24.2 Å². The summed E-state index contributed by atoms with van der Waals surface area (Å²) in [4.78, 5) is 38.5. The van der Waals surface area contributed by atoms with E-state index in [1.165, 1.54) is 0 Å². The predicted octanol–water partition coefficient (Wildman–Crippen LogP) is 3.16. The van der Waals surface area contributed by atoms with Gasteiger partial charge in [0.1, 0.15) is 5.75 Å². The van der Waals surface area contributed by atoms with Crippen LogP contribution in [0.1, 0.15) is 38.7 Å². The molecule has 0 aromatic heterocycles. The molecule has 3 amide bonds. The van der Waals surface area contributed by atoms with Crippen molar-refractivity contribution >= 4 is 31.1 Å². The minimum absolute atomic E-state index is 0.201. The topological polar surface area (TPSA) is 113 Å². The molecule has 8 nitrogen and oxygen atoms in total. The number of carbonyl (C=O) groups excluding carboxylic acids is 3. The van der Waals surface area contributed by atoms with Crippen LogP contribution in [-0.2, 0) is 19.0 Å². The molecule has 1 aliphatic carbocycles. The molecule has 2 saturated heterocycles. The summed E-state index contributed by atoms with van der Waals surface area (Å²) in [5, 5.41) is 20.1. The Balaban J connectivity index is 1.56. The van der Waals surface area contributed by atoms with Gasteiger partial charge in [-0.25, -0.2) is 4.79 Å². The second-order valence-corrected chi connectivity index (χ2v) is 9.10. The number of allylic oxidation sites excluding steroid dienone is 2. The van der Waals surface area contributed by atoms with Crippen LogP contribution in [0.3, 0.4) is 0 Å². The summed E-state index contributed by atoms with van der Waals surface area (Å²) in [5.41, 5.74) is 3.90. The van der Waals surface area contributed by atoms with Crippen molar-refractivity contribution in [3.05, 3.63) is 46.5 Å². The Morgan fingerprint density at radius 3 is 2.76 bits per heavy atom. The Morgan fingerprint density at radius 2 is 2.06 bits per heavy atom. The monoisotopic (exact) mass is 453 g/mol. The van der Waals surface area contributed by atoms with Crippen LogP contribution in [-0.4, -0.2) is 53.3 Å². The van der Waals surface area contributed by atoms with Crippen LogP contribution in [0.15, 0.2) is 41.0 Å². The SMILES string of the molecule is COC(=O)N1C(=O)[C@@H]2[C@@H](CC(C)=C3[C@@H](CC/C(C)=C/c4cccc(O)c4)OB(O)C[C@@H]32)C1=O. The van der Waals surface area contributed by atoms with E-state index in [1.807, 2.05) is 26.0 Å². The summed E-state index contributed by atoms with van der Waals surface area (Å²) in [5.74, 6) is -2.56. The van der Waals surface area contributed by atoms with Gasteiger partial charge < -0.3 is 19.5 Å². The third-order valence-electron chi connectivity index (χ3n) is 6.89. The van der Waals surface area contributed by atoms with Crippen LogP contribution in [0.5, 0.6) is 5.75 Å². The van der Waals surface area contributed by atoms with Gasteiger partial charge >= 0.3 is 13.2 Å². The lowest BCUT2D eigenvalue weighted by Gasteiger charge is -2.42. The van der Waals surface area contributed by atoms with E-state index in [2.05, 4.69) is 4.74 Å². The maximum atomic E-state index is 13.1. The lowest BCUT2D eigenvalue weighted by molar-refractivity contribution is -0.137. The number of likely N-dealkylation sites (tertiary alicyclic amines) is 1. The second-order valence-electron chi connectivity index (χ2n) is 9.10. The fourth-order valence-electron chi connectivity index (χ4n) is 5.52. The molecule has 9 heteroatoms. The number of phenolic OH excluding ortho intramolecular Hbond substituents is 1. The van der Waals surface area contributed by atoms with Crippen LogP contribution in [0.25, 0.3) is 6.08 Å². The van der Waals surface area contributed by atoms with E-state index in [-0.39, 0.29) is 24.1 Å². The molecule has 4 atom stereocenters. The number of hydrogen-bond donors (Lipinski definition) is 2. The summed E-state index contributed by atoms with van der Waals surface area (Å²) in [6.07, 6.45) is 2.51. The highest BCUT2D eigenvalue weighted by Gasteiger charge is 2.58. The number of methoxy groups -OCH3 is 1. The minimum Gasteiger partial charge on any atom is -0.508 e. The van der Waals surface area contributed by atoms with Crippen LogP contribution in [0, 0.1) is 17.8 Å². The Labute approximate surface area is 193 Å². The summed E-state index contributed by atoms with van der Waals surface area (Å²) in [6.45, 7) is 3.92. The minimum atomic E-state index is -1.05. The van der Waals surface area contributed by atoms with E-state index in [0.717, 1.165) is 29.4 Å². The number of imide groups is 3. The average molecular weight is 453 g/mol. The number of aromatic hydroxyl groups is 1. The summed E-state index contributed by atoms with van der Waals surface area (Å²) in [6, 6.07) is 6.99. The molecular formula is C24H28BNO7. The highest BCUT2D eigenvalue weighted by molar-refractivity contribution is 6.43. The lowest BCUT2D eigenvalue weighted by Crippen LogP contribution is -2.46. The molecule has 2 heterocycles. The van der Waals surface area contributed by atoms with E-state index in [1.54, 1.807) is 18.2 Å². The Kier molecular flexibility index (Phi) is 6.45. The van der Waals surface area contributed by atoms with Crippen molar-refractivity contribution in [3.63, 3.8) is 0 Å². The number of hydrogen-bond acceptors (Lipinski definition) is 7. The van der Waals surface area contributed by atoms with Gasteiger partial charge in [-0.05, 0) is 68.6 Å². The molecule has 2 aliphatic heterocycles. The van der Waals surface area contributed by atoms with E-state index in [9.17, 15) is 24.5 Å². The van der Waals surface area contributed by atoms with Crippen molar-refractivity contribution in [1.82, 2.24) is 4.90 Å². The standard InChI is InChI=1S/C24H28BNO7/c1-13(9-15-5-4-6-16(27)11-15)7-8-19-20-14(2)10-17-21(18(20)12-25(31)33-19)23(29)26(22(17)28)24(30)32-3/h4-6,9,11,17-19,21,27,31H,7-8,10,12H2,1-3H3/b13-9+/t17-,18+,19-,21-/m1/s1. The summed E-state index contributed by atoms with van der Waals surface area (Å²) < 4.78 is 10.5. The first-order valence-electron chi connectivity index (χ1n) is 11.2. The lowest BCUT2D eigenvalue weighted by atomic mass is 9.59. The van der Waals surface area contributed by atoms with Crippen molar-refractivity contribution < 1.29 is 33.9 Å². The van der Waals surface area contributed by atoms with Gasteiger partial charge in [0.25, 0.3) is 0 Å². The number of fused-ring (bicyclic) bond motifs is 3. The first-order valence-corrected chi connectivity index (χ1v) is 11.2. The molecule has 1 aromatic rings. The van der Waals surface area contributed by atoms with E-state index >= 15 is 0 Å². The normalized spacial score (nSPS) is 27.6. The van der Waals surface area contributed by atoms with Gasteiger partial charge in [0.2, 0.25) is 11.8 Å². The van der Waals surface area contributed by atoms with Crippen LogP contribution in [0.4, 0.5) is 4.79 Å². The molecule has 0 bridgehead atoms. The fourth-order valence-corrected chi connectivity index (χ4v) is 5.52. The molecule has 2 N–H and O–H groups in total. The number of nitrogens with zero attached hydrogens (tertiary/aromatic N) is 1. The molecular weight excluding hydrogens is 425 g/mol. The number of amides is 3. The van der Waals surface area contributed by atoms with Crippen molar-refractivity contribution in [1.29, 1.82) is 0 Å². The van der Waals surface area contributed by atoms with Gasteiger partial charge in [0, 0.05) is 0 Å². The molecule has 174 valence electrons. The molecule has 1 aromatic carbocycles. The van der Waals surface area contributed by atoms with Crippen molar-refractivity contribution in [3.8, 4) is 5.75 Å².